The molecule has 0 amide bonds. The Labute approximate surface area is 118 Å². The van der Waals surface area contributed by atoms with Gasteiger partial charge >= 0.3 is 0 Å². The number of halogens is 2. The van der Waals surface area contributed by atoms with Crippen LogP contribution < -0.4 is 4.74 Å². The fourth-order valence-corrected chi connectivity index (χ4v) is 2.35. The summed E-state index contributed by atoms with van der Waals surface area (Å²) in [5, 5.41) is -0.288. The topological polar surface area (TPSA) is 9.23 Å². The number of aryl methyl sites for hydroxylation is 2. The maximum atomic E-state index is 13.3. The Morgan fingerprint density at radius 1 is 1.00 bits per heavy atom. The van der Waals surface area contributed by atoms with Gasteiger partial charge in [0, 0.05) is 0 Å². The van der Waals surface area contributed by atoms with Gasteiger partial charge in [-0.15, -0.1) is 11.6 Å². The molecule has 0 heterocycles. The average molecular weight is 279 g/mol. The normalized spacial score (nSPS) is 12.3. The largest absolute Gasteiger partial charge is 0.496 e. The number of benzene rings is 2. The molecule has 0 aliphatic rings. The first-order valence-electron chi connectivity index (χ1n) is 6.07. The third kappa shape index (κ3) is 2.90. The van der Waals surface area contributed by atoms with Crippen molar-refractivity contribution in [2.75, 3.05) is 7.11 Å². The minimum absolute atomic E-state index is 0.210. The highest BCUT2D eigenvalue weighted by Gasteiger charge is 2.13. The van der Waals surface area contributed by atoms with Crippen LogP contribution in [0.5, 0.6) is 5.75 Å². The molecule has 0 saturated carbocycles. The van der Waals surface area contributed by atoms with Gasteiger partial charge in [-0.1, -0.05) is 24.3 Å². The van der Waals surface area contributed by atoms with Crippen LogP contribution in [0, 0.1) is 19.7 Å². The minimum atomic E-state index is -0.288. The third-order valence-electron chi connectivity index (χ3n) is 3.19. The second-order valence-corrected chi connectivity index (χ2v) is 5.04. The predicted octanol–water partition coefficient (Wildman–Crippen LogP) is 4.78. The van der Waals surface area contributed by atoms with Gasteiger partial charge in [0.15, 0.2) is 0 Å². The number of hydrogen-bond acceptors (Lipinski definition) is 1. The SMILES string of the molecule is COc1ccc(C(Cl)c2ccc(F)c(C)c2)cc1C. The van der Waals surface area contributed by atoms with Gasteiger partial charge in [0.25, 0.3) is 0 Å². The molecule has 0 aliphatic heterocycles. The molecule has 0 aliphatic carbocycles. The summed E-state index contributed by atoms with van der Waals surface area (Å²) < 4.78 is 18.5. The van der Waals surface area contributed by atoms with E-state index in [-0.39, 0.29) is 11.2 Å². The molecule has 0 spiro atoms. The van der Waals surface area contributed by atoms with Crippen molar-refractivity contribution in [1.29, 1.82) is 0 Å². The lowest BCUT2D eigenvalue weighted by Crippen LogP contribution is -1.97. The summed E-state index contributed by atoms with van der Waals surface area (Å²) in [6, 6.07) is 10.8. The van der Waals surface area contributed by atoms with Crippen LogP contribution in [0.3, 0.4) is 0 Å². The highest BCUT2D eigenvalue weighted by Crippen LogP contribution is 2.32. The second kappa shape index (κ2) is 5.62. The lowest BCUT2D eigenvalue weighted by molar-refractivity contribution is 0.411. The molecule has 0 aromatic heterocycles. The van der Waals surface area contributed by atoms with Crippen molar-refractivity contribution < 1.29 is 9.13 Å². The van der Waals surface area contributed by atoms with Crippen molar-refractivity contribution in [2.45, 2.75) is 19.2 Å². The Bertz CT molecular complexity index is 595. The number of ether oxygens (including phenoxy) is 1. The van der Waals surface area contributed by atoms with E-state index in [1.165, 1.54) is 6.07 Å². The van der Waals surface area contributed by atoms with Crippen LogP contribution >= 0.6 is 11.6 Å². The van der Waals surface area contributed by atoms with Gasteiger partial charge in [0.05, 0.1) is 12.5 Å². The molecular formula is C16H16ClFO. The van der Waals surface area contributed by atoms with Gasteiger partial charge in [-0.3, -0.25) is 0 Å². The molecule has 0 radical (unpaired) electrons. The van der Waals surface area contributed by atoms with Crippen LogP contribution in [0.15, 0.2) is 36.4 Å². The van der Waals surface area contributed by atoms with Gasteiger partial charge in [0.2, 0.25) is 0 Å². The molecule has 1 atom stereocenters. The van der Waals surface area contributed by atoms with Gasteiger partial charge in [-0.25, -0.2) is 4.39 Å². The molecule has 1 unspecified atom stereocenters. The molecule has 2 rings (SSSR count). The summed E-state index contributed by atoms with van der Waals surface area (Å²) in [7, 11) is 1.64. The van der Waals surface area contributed by atoms with Crippen molar-refractivity contribution in [1.82, 2.24) is 0 Å². The Morgan fingerprint density at radius 2 is 1.58 bits per heavy atom. The molecule has 19 heavy (non-hydrogen) atoms. The number of alkyl halides is 1. The molecule has 0 fully saturated rings. The number of hydrogen-bond donors (Lipinski definition) is 0. The van der Waals surface area contributed by atoms with Gasteiger partial charge in [0.1, 0.15) is 11.6 Å². The van der Waals surface area contributed by atoms with E-state index in [9.17, 15) is 4.39 Å². The third-order valence-corrected chi connectivity index (χ3v) is 3.69. The van der Waals surface area contributed by atoms with Crippen LogP contribution in [0.1, 0.15) is 27.6 Å². The molecular weight excluding hydrogens is 263 g/mol. The van der Waals surface area contributed by atoms with E-state index < -0.39 is 0 Å². The summed E-state index contributed by atoms with van der Waals surface area (Å²) >= 11 is 6.46. The quantitative estimate of drug-likeness (QED) is 0.734. The van der Waals surface area contributed by atoms with E-state index in [1.54, 1.807) is 26.2 Å². The van der Waals surface area contributed by atoms with Crippen molar-refractivity contribution in [3.05, 3.63) is 64.5 Å². The zero-order valence-corrected chi connectivity index (χ0v) is 12.0. The van der Waals surface area contributed by atoms with E-state index in [0.29, 0.717) is 5.56 Å². The smallest absolute Gasteiger partial charge is 0.126 e. The second-order valence-electron chi connectivity index (χ2n) is 4.60. The summed E-state index contributed by atoms with van der Waals surface area (Å²) in [5.41, 5.74) is 3.51. The fraction of sp³-hybridized carbons (Fsp3) is 0.250. The Balaban J connectivity index is 2.35. The van der Waals surface area contributed by atoms with Crippen LogP contribution in [0.25, 0.3) is 0 Å². The van der Waals surface area contributed by atoms with Gasteiger partial charge < -0.3 is 4.74 Å². The van der Waals surface area contributed by atoms with Crippen molar-refractivity contribution in [3.8, 4) is 5.75 Å². The molecule has 0 bridgehead atoms. The maximum absolute atomic E-state index is 13.3. The summed E-state index contributed by atoms with van der Waals surface area (Å²) in [4.78, 5) is 0. The van der Waals surface area contributed by atoms with Crippen molar-refractivity contribution in [2.24, 2.45) is 0 Å². The minimum Gasteiger partial charge on any atom is -0.496 e. The van der Waals surface area contributed by atoms with Crippen LogP contribution in [0.2, 0.25) is 0 Å². The first kappa shape index (κ1) is 13.9. The predicted molar refractivity (Wildman–Crippen MR) is 76.6 cm³/mol. The number of methoxy groups -OCH3 is 1. The van der Waals surface area contributed by atoms with Crippen LogP contribution in [0.4, 0.5) is 4.39 Å². The van der Waals surface area contributed by atoms with Gasteiger partial charge in [-0.2, -0.15) is 0 Å². The standard InChI is InChI=1S/C16H16ClFO/c1-10-8-12(4-6-14(10)18)16(17)13-5-7-15(19-3)11(2)9-13/h4-9,16H,1-3H3. The Hall–Kier alpha value is -1.54. The van der Waals surface area contributed by atoms with Crippen molar-refractivity contribution >= 4 is 11.6 Å². The van der Waals surface area contributed by atoms with E-state index >= 15 is 0 Å². The van der Waals surface area contributed by atoms with E-state index in [1.807, 2.05) is 25.1 Å². The fourth-order valence-electron chi connectivity index (χ4n) is 2.08. The summed E-state index contributed by atoms with van der Waals surface area (Å²) in [6.07, 6.45) is 0. The molecule has 0 saturated heterocycles. The maximum Gasteiger partial charge on any atom is 0.126 e. The zero-order chi connectivity index (χ0) is 14.0. The average Bonchev–Trinajstić information content (AvgIpc) is 2.41. The monoisotopic (exact) mass is 278 g/mol. The highest BCUT2D eigenvalue weighted by atomic mass is 35.5. The molecule has 3 heteroatoms. The van der Waals surface area contributed by atoms with Crippen LogP contribution in [-0.4, -0.2) is 7.11 Å². The highest BCUT2D eigenvalue weighted by molar-refractivity contribution is 6.22. The zero-order valence-electron chi connectivity index (χ0n) is 11.2. The molecule has 0 N–H and O–H groups in total. The summed E-state index contributed by atoms with van der Waals surface area (Å²) in [6.45, 7) is 3.71. The molecule has 100 valence electrons. The lowest BCUT2D eigenvalue weighted by Gasteiger charge is -2.13. The molecule has 2 aromatic carbocycles. The first-order chi connectivity index (χ1) is 9.02. The van der Waals surface area contributed by atoms with E-state index in [0.717, 1.165) is 22.4 Å². The molecule has 2 aromatic rings. The van der Waals surface area contributed by atoms with Crippen LogP contribution in [-0.2, 0) is 0 Å². The Kier molecular flexibility index (Phi) is 4.11. The Morgan fingerprint density at radius 3 is 2.11 bits per heavy atom. The summed E-state index contributed by atoms with van der Waals surface area (Å²) in [5.74, 6) is 0.626. The van der Waals surface area contributed by atoms with Crippen molar-refractivity contribution in [3.63, 3.8) is 0 Å². The van der Waals surface area contributed by atoms with Gasteiger partial charge in [-0.05, 0) is 48.2 Å². The molecule has 1 nitrogen and oxygen atoms in total. The van der Waals surface area contributed by atoms with E-state index in [2.05, 4.69) is 0 Å². The van der Waals surface area contributed by atoms with E-state index in [4.69, 9.17) is 16.3 Å². The lowest BCUT2D eigenvalue weighted by atomic mass is 10.0. The number of rotatable bonds is 3. The first-order valence-corrected chi connectivity index (χ1v) is 6.51.